The van der Waals surface area contributed by atoms with Gasteiger partial charge in [-0.3, -0.25) is 14.3 Å². The molecule has 6 nitrogen and oxygen atoms in total. The van der Waals surface area contributed by atoms with Gasteiger partial charge in [0.1, 0.15) is 18.8 Å². The van der Waals surface area contributed by atoms with E-state index in [1.165, 1.54) is 36.7 Å². The maximum absolute atomic E-state index is 12.5. The van der Waals surface area contributed by atoms with E-state index >= 15 is 0 Å². The lowest BCUT2D eigenvalue weighted by Crippen LogP contribution is -2.51. The largest absolute Gasteiger partial charge is 0.475 e. The molecule has 0 bridgehead atoms. The number of rotatable bonds is 7. The molecular weight excluding hydrogens is 390 g/mol. The number of piperidine rings is 1. The van der Waals surface area contributed by atoms with Gasteiger partial charge in [-0.2, -0.15) is 0 Å². The van der Waals surface area contributed by atoms with E-state index < -0.39 is 0 Å². The topological polar surface area (TPSA) is 56.6 Å². The second-order valence-corrected chi connectivity index (χ2v) is 8.55. The Balaban J connectivity index is 1.16. The van der Waals surface area contributed by atoms with Crippen molar-refractivity contribution < 1.29 is 9.47 Å². The summed E-state index contributed by atoms with van der Waals surface area (Å²) in [7, 11) is 0. The molecule has 1 aliphatic carbocycles. The standard InChI is InChI=1S/C25H29N3O3/c29-25-22-8-1-2-9-23(22)26-17-27(25)18-30-16-19-11-13-21(14-12-19)31-24-10-3-4-15-28(24)20-6-5-7-20/h1-2,8-9,11-14,17,20,24H,3-7,10,15-16,18H2. The Morgan fingerprint density at radius 3 is 2.61 bits per heavy atom. The van der Waals surface area contributed by atoms with Crippen LogP contribution in [0, 0.1) is 0 Å². The smallest absolute Gasteiger partial charge is 0.263 e. The van der Waals surface area contributed by atoms with Gasteiger partial charge in [0.25, 0.3) is 5.56 Å². The summed E-state index contributed by atoms with van der Waals surface area (Å²) in [5, 5.41) is 0.605. The number of benzene rings is 2. The molecule has 0 spiro atoms. The van der Waals surface area contributed by atoms with Gasteiger partial charge in [0.15, 0.2) is 6.23 Å². The Morgan fingerprint density at radius 1 is 0.968 bits per heavy atom. The van der Waals surface area contributed by atoms with Crippen molar-refractivity contribution in [3.63, 3.8) is 0 Å². The van der Waals surface area contributed by atoms with Gasteiger partial charge in [-0.15, -0.1) is 0 Å². The Bertz CT molecular complexity index is 1080. The average molecular weight is 420 g/mol. The fourth-order valence-electron chi connectivity index (χ4n) is 4.47. The number of ether oxygens (including phenoxy) is 2. The minimum Gasteiger partial charge on any atom is -0.475 e. The summed E-state index contributed by atoms with van der Waals surface area (Å²) in [6.07, 6.45) is 9.34. The number of para-hydroxylation sites is 1. The number of fused-ring (bicyclic) bond motifs is 1. The maximum atomic E-state index is 12.5. The summed E-state index contributed by atoms with van der Waals surface area (Å²) in [6, 6.07) is 16.2. The molecule has 0 N–H and O–H groups in total. The van der Waals surface area contributed by atoms with Gasteiger partial charge < -0.3 is 9.47 Å². The van der Waals surface area contributed by atoms with Gasteiger partial charge in [0, 0.05) is 12.6 Å². The Morgan fingerprint density at radius 2 is 1.81 bits per heavy atom. The number of nitrogens with zero attached hydrogens (tertiary/aromatic N) is 3. The maximum Gasteiger partial charge on any atom is 0.263 e. The van der Waals surface area contributed by atoms with Crippen molar-refractivity contribution in [3.8, 4) is 5.75 Å². The number of hydrogen-bond acceptors (Lipinski definition) is 5. The van der Waals surface area contributed by atoms with Crippen molar-refractivity contribution in [3.05, 3.63) is 70.8 Å². The molecule has 2 heterocycles. The summed E-state index contributed by atoms with van der Waals surface area (Å²) >= 11 is 0. The Hall–Kier alpha value is -2.70. The van der Waals surface area contributed by atoms with Gasteiger partial charge in [-0.25, -0.2) is 4.98 Å². The van der Waals surface area contributed by atoms with Crippen LogP contribution in [0.4, 0.5) is 0 Å². The highest BCUT2D eigenvalue weighted by molar-refractivity contribution is 5.76. The van der Waals surface area contributed by atoms with Gasteiger partial charge in [0.05, 0.1) is 17.5 Å². The van der Waals surface area contributed by atoms with Gasteiger partial charge in [-0.1, -0.05) is 30.7 Å². The molecule has 1 unspecified atom stereocenters. The molecule has 162 valence electrons. The van der Waals surface area contributed by atoms with Gasteiger partial charge in [0.2, 0.25) is 0 Å². The van der Waals surface area contributed by atoms with E-state index in [1.54, 1.807) is 12.4 Å². The first-order chi connectivity index (χ1) is 15.3. The zero-order valence-corrected chi connectivity index (χ0v) is 17.8. The molecule has 1 aromatic heterocycles. The van der Waals surface area contributed by atoms with Crippen LogP contribution in [-0.4, -0.2) is 33.3 Å². The normalized spacial score (nSPS) is 19.9. The molecule has 1 saturated heterocycles. The molecule has 0 amide bonds. The SMILES string of the molecule is O=c1c2ccccc2ncn1COCc1ccc(OC2CCCCN2C2CCC2)cc1. The molecule has 3 aromatic rings. The minimum absolute atomic E-state index is 0.0853. The quantitative estimate of drug-likeness (QED) is 0.571. The van der Waals surface area contributed by atoms with Crippen LogP contribution in [0.1, 0.15) is 44.1 Å². The van der Waals surface area contributed by atoms with Crippen molar-refractivity contribution in [2.45, 2.75) is 64.1 Å². The molecule has 31 heavy (non-hydrogen) atoms. The zero-order valence-electron chi connectivity index (χ0n) is 17.8. The minimum atomic E-state index is -0.0853. The zero-order chi connectivity index (χ0) is 21.0. The molecule has 5 rings (SSSR count). The van der Waals surface area contributed by atoms with Crippen LogP contribution in [0.3, 0.4) is 0 Å². The molecule has 1 saturated carbocycles. The van der Waals surface area contributed by atoms with E-state index in [0.29, 0.717) is 23.6 Å². The molecule has 2 fully saturated rings. The summed E-state index contributed by atoms with van der Waals surface area (Å²) in [5.41, 5.74) is 1.67. The van der Waals surface area contributed by atoms with Crippen molar-refractivity contribution in [1.29, 1.82) is 0 Å². The first-order valence-corrected chi connectivity index (χ1v) is 11.3. The highest BCUT2D eigenvalue weighted by Crippen LogP contribution is 2.31. The van der Waals surface area contributed by atoms with Crippen LogP contribution >= 0.6 is 0 Å². The second kappa shape index (κ2) is 9.20. The first kappa shape index (κ1) is 20.2. The number of likely N-dealkylation sites (tertiary alicyclic amines) is 1. The Kier molecular flexibility index (Phi) is 6.00. The summed E-state index contributed by atoms with van der Waals surface area (Å²) in [6.45, 7) is 1.76. The number of aromatic nitrogens is 2. The summed E-state index contributed by atoms with van der Waals surface area (Å²) in [4.78, 5) is 19.4. The molecular formula is C25H29N3O3. The van der Waals surface area contributed by atoms with Gasteiger partial charge >= 0.3 is 0 Å². The predicted octanol–water partition coefficient (Wildman–Crippen LogP) is 4.31. The molecule has 1 aliphatic heterocycles. The van der Waals surface area contributed by atoms with Crippen molar-refractivity contribution >= 4 is 10.9 Å². The van der Waals surface area contributed by atoms with Crippen molar-refractivity contribution in [1.82, 2.24) is 14.5 Å². The highest BCUT2D eigenvalue weighted by Gasteiger charge is 2.33. The highest BCUT2D eigenvalue weighted by atomic mass is 16.5. The Labute approximate surface area is 182 Å². The van der Waals surface area contributed by atoms with Crippen LogP contribution in [0.2, 0.25) is 0 Å². The van der Waals surface area contributed by atoms with Crippen LogP contribution < -0.4 is 10.3 Å². The first-order valence-electron chi connectivity index (χ1n) is 11.3. The van der Waals surface area contributed by atoms with Gasteiger partial charge in [-0.05, 0) is 61.9 Å². The molecule has 2 aliphatic rings. The van der Waals surface area contributed by atoms with E-state index in [9.17, 15) is 4.79 Å². The molecule has 0 radical (unpaired) electrons. The van der Waals surface area contributed by atoms with Crippen LogP contribution in [0.5, 0.6) is 5.75 Å². The molecule has 1 atom stereocenters. The summed E-state index contributed by atoms with van der Waals surface area (Å²) < 4.78 is 13.6. The lowest BCUT2D eigenvalue weighted by atomic mass is 9.89. The van der Waals surface area contributed by atoms with E-state index in [0.717, 1.165) is 24.3 Å². The molecule has 2 aromatic carbocycles. The fraction of sp³-hybridized carbons (Fsp3) is 0.440. The monoisotopic (exact) mass is 419 g/mol. The van der Waals surface area contributed by atoms with Crippen molar-refractivity contribution in [2.75, 3.05) is 6.54 Å². The average Bonchev–Trinajstić information content (AvgIpc) is 2.77. The third-order valence-corrected chi connectivity index (χ3v) is 6.46. The fourth-order valence-corrected chi connectivity index (χ4v) is 4.47. The van der Waals surface area contributed by atoms with Crippen LogP contribution in [0.25, 0.3) is 10.9 Å². The van der Waals surface area contributed by atoms with E-state index in [2.05, 4.69) is 9.88 Å². The predicted molar refractivity (Wildman–Crippen MR) is 120 cm³/mol. The van der Waals surface area contributed by atoms with Crippen LogP contribution in [0.15, 0.2) is 59.7 Å². The van der Waals surface area contributed by atoms with Crippen LogP contribution in [-0.2, 0) is 18.1 Å². The third kappa shape index (κ3) is 4.50. The third-order valence-electron chi connectivity index (χ3n) is 6.46. The summed E-state index contributed by atoms with van der Waals surface area (Å²) in [5.74, 6) is 0.912. The van der Waals surface area contributed by atoms with Crippen molar-refractivity contribution in [2.24, 2.45) is 0 Å². The van der Waals surface area contributed by atoms with E-state index in [4.69, 9.17) is 9.47 Å². The van der Waals surface area contributed by atoms with E-state index in [-0.39, 0.29) is 18.5 Å². The second-order valence-electron chi connectivity index (χ2n) is 8.55. The lowest BCUT2D eigenvalue weighted by molar-refractivity contribution is -0.0524. The van der Waals surface area contributed by atoms with E-state index in [1.807, 2.05) is 42.5 Å². The molecule has 6 heteroatoms. The number of hydrogen-bond donors (Lipinski definition) is 0. The lowest BCUT2D eigenvalue weighted by Gasteiger charge is -2.44.